The molecule has 1 rings (SSSR count). The molecule has 1 aromatic rings. The Morgan fingerprint density at radius 1 is 1.37 bits per heavy atom. The van der Waals surface area contributed by atoms with Crippen molar-refractivity contribution in [1.29, 1.82) is 0 Å². The average molecular weight is 269 g/mol. The van der Waals surface area contributed by atoms with Gasteiger partial charge in [-0.2, -0.15) is 0 Å². The monoisotopic (exact) mass is 269 g/mol. The number of esters is 1. The molecule has 0 spiro atoms. The number of hydrogen-bond donors (Lipinski definition) is 1. The fraction of sp³-hybridized carbons (Fsp3) is 0.583. The molecule has 0 unspecified atom stereocenters. The average Bonchev–Trinajstić information content (AvgIpc) is 2.39. The maximum atomic E-state index is 11.5. The van der Waals surface area contributed by atoms with Gasteiger partial charge in [-0.3, -0.25) is 0 Å². The number of carbonyl (C=O) groups is 1. The van der Waals surface area contributed by atoms with Gasteiger partial charge in [-0.1, -0.05) is 0 Å². The molecular formula is C12H19N3O4. The largest absolute Gasteiger partial charge is 0.462 e. The first kappa shape index (κ1) is 15.3. The van der Waals surface area contributed by atoms with E-state index in [1.807, 2.05) is 0 Å². The summed E-state index contributed by atoms with van der Waals surface area (Å²) < 4.78 is 15.0. The summed E-state index contributed by atoms with van der Waals surface area (Å²) in [7, 11) is 1.61. The highest BCUT2D eigenvalue weighted by Crippen LogP contribution is 2.09. The fourth-order valence-electron chi connectivity index (χ4n) is 1.33. The van der Waals surface area contributed by atoms with Gasteiger partial charge in [-0.15, -0.1) is 0 Å². The van der Waals surface area contributed by atoms with Crippen molar-refractivity contribution < 1.29 is 19.0 Å². The molecule has 7 nitrogen and oxygen atoms in total. The quantitative estimate of drug-likeness (QED) is 0.540. The summed E-state index contributed by atoms with van der Waals surface area (Å²) in [4.78, 5) is 19.6. The van der Waals surface area contributed by atoms with E-state index in [0.717, 1.165) is 0 Å². The molecule has 106 valence electrons. The molecule has 1 heterocycles. The minimum Gasteiger partial charge on any atom is -0.462 e. The van der Waals surface area contributed by atoms with E-state index in [-0.39, 0.29) is 18.0 Å². The normalized spacial score (nSPS) is 10.4. The molecule has 2 N–H and O–H groups in total. The zero-order chi connectivity index (χ0) is 14.1. The van der Waals surface area contributed by atoms with Crippen LogP contribution in [-0.2, 0) is 20.6 Å². The van der Waals surface area contributed by atoms with Gasteiger partial charge in [0, 0.05) is 19.7 Å². The second kappa shape index (κ2) is 8.39. The Labute approximate surface area is 112 Å². The third-order valence-corrected chi connectivity index (χ3v) is 2.27. The van der Waals surface area contributed by atoms with Crippen molar-refractivity contribution in [2.45, 2.75) is 13.3 Å². The molecule has 0 fully saturated rings. The van der Waals surface area contributed by atoms with Crippen LogP contribution in [0, 0.1) is 0 Å². The van der Waals surface area contributed by atoms with Gasteiger partial charge in [0.25, 0.3) is 0 Å². The molecule has 0 saturated heterocycles. The van der Waals surface area contributed by atoms with Gasteiger partial charge >= 0.3 is 5.97 Å². The number of nitrogens with zero attached hydrogens (tertiary/aromatic N) is 2. The molecule has 0 atom stereocenters. The lowest BCUT2D eigenvalue weighted by Gasteiger charge is -2.06. The lowest BCUT2D eigenvalue weighted by atomic mass is 10.3. The summed E-state index contributed by atoms with van der Waals surface area (Å²) in [5, 5.41) is 0. The Morgan fingerprint density at radius 3 is 2.79 bits per heavy atom. The zero-order valence-corrected chi connectivity index (χ0v) is 11.2. The van der Waals surface area contributed by atoms with Crippen LogP contribution < -0.4 is 5.73 Å². The van der Waals surface area contributed by atoms with Crippen molar-refractivity contribution in [2.24, 2.45) is 0 Å². The van der Waals surface area contributed by atoms with E-state index in [2.05, 4.69) is 9.97 Å². The molecule has 0 bridgehead atoms. The van der Waals surface area contributed by atoms with Crippen molar-refractivity contribution in [3.63, 3.8) is 0 Å². The number of methoxy groups -OCH3 is 1. The Hall–Kier alpha value is -1.73. The fourth-order valence-corrected chi connectivity index (χ4v) is 1.33. The third kappa shape index (κ3) is 5.19. The lowest BCUT2D eigenvalue weighted by molar-refractivity contribution is 0.0526. The van der Waals surface area contributed by atoms with Gasteiger partial charge in [-0.05, 0) is 6.92 Å². The molecule has 0 aliphatic heterocycles. The molecular weight excluding hydrogens is 250 g/mol. The van der Waals surface area contributed by atoms with Crippen LogP contribution in [-0.4, -0.2) is 49.5 Å². The van der Waals surface area contributed by atoms with Crippen LogP contribution in [0.4, 0.5) is 5.82 Å². The minimum atomic E-state index is -0.511. The minimum absolute atomic E-state index is 0.125. The van der Waals surface area contributed by atoms with E-state index >= 15 is 0 Å². The van der Waals surface area contributed by atoms with Crippen molar-refractivity contribution in [2.75, 3.05) is 39.3 Å². The van der Waals surface area contributed by atoms with E-state index in [4.69, 9.17) is 19.9 Å². The van der Waals surface area contributed by atoms with Crippen LogP contribution in [0.15, 0.2) is 6.20 Å². The van der Waals surface area contributed by atoms with Gasteiger partial charge in [0.2, 0.25) is 0 Å². The highest BCUT2D eigenvalue weighted by Gasteiger charge is 2.13. The Morgan fingerprint density at radius 2 is 2.16 bits per heavy atom. The highest BCUT2D eigenvalue weighted by molar-refractivity contribution is 5.93. The standard InChI is InChI=1S/C12H19N3O4/c1-3-19-12(16)9-8-14-10(15-11(9)13)4-5-18-7-6-17-2/h8H,3-7H2,1-2H3,(H2,13,14,15). The van der Waals surface area contributed by atoms with E-state index in [1.54, 1.807) is 14.0 Å². The Balaban J connectivity index is 2.49. The van der Waals surface area contributed by atoms with Crippen molar-refractivity contribution in [1.82, 2.24) is 9.97 Å². The van der Waals surface area contributed by atoms with E-state index in [0.29, 0.717) is 32.1 Å². The van der Waals surface area contributed by atoms with Gasteiger partial charge in [0.05, 0.1) is 26.4 Å². The summed E-state index contributed by atoms with van der Waals surface area (Å²) in [6.45, 7) is 3.55. The van der Waals surface area contributed by atoms with Gasteiger partial charge in [0.1, 0.15) is 17.2 Å². The van der Waals surface area contributed by atoms with Gasteiger partial charge in [0.15, 0.2) is 0 Å². The zero-order valence-electron chi connectivity index (χ0n) is 11.2. The summed E-state index contributed by atoms with van der Waals surface area (Å²) in [5.41, 5.74) is 5.88. The molecule has 0 aromatic carbocycles. The molecule has 19 heavy (non-hydrogen) atoms. The molecule has 0 radical (unpaired) electrons. The van der Waals surface area contributed by atoms with Crippen LogP contribution in [0.2, 0.25) is 0 Å². The van der Waals surface area contributed by atoms with Crippen LogP contribution in [0.1, 0.15) is 23.1 Å². The molecule has 7 heteroatoms. The highest BCUT2D eigenvalue weighted by atomic mass is 16.5. The van der Waals surface area contributed by atoms with Crippen molar-refractivity contribution in [3.8, 4) is 0 Å². The maximum absolute atomic E-state index is 11.5. The molecule has 0 aliphatic carbocycles. The first-order chi connectivity index (χ1) is 9.19. The Kier molecular flexibility index (Phi) is 6.76. The van der Waals surface area contributed by atoms with E-state index < -0.39 is 5.97 Å². The van der Waals surface area contributed by atoms with Crippen molar-refractivity contribution >= 4 is 11.8 Å². The molecule has 0 saturated carbocycles. The number of rotatable bonds is 8. The first-order valence-corrected chi connectivity index (χ1v) is 6.04. The molecule has 1 aromatic heterocycles. The van der Waals surface area contributed by atoms with Crippen LogP contribution >= 0.6 is 0 Å². The lowest BCUT2D eigenvalue weighted by Crippen LogP contribution is -2.13. The number of anilines is 1. The molecule has 0 aliphatic rings. The van der Waals surface area contributed by atoms with E-state index in [1.165, 1.54) is 6.20 Å². The second-order valence-electron chi connectivity index (χ2n) is 3.66. The number of hydrogen-bond acceptors (Lipinski definition) is 7. The number of aromatic nitrogens is 2. The number of ether oxygens (including phenoxy) is 3. The van der Waals surface area contributed by atoms with Crippen LogP contribution in [0.25, 0.3) is 0 Å². The topological polar surface area (TPSA) is 96.6 Å². The number of nitrogens with two attached hydrogens (primary N) is 1. The SMILES string of the molecule is CCOC(=O)c1cnc(CCOCCOC)nc1N. The number of nitrogen functional groups attached to an aromatic ring is 1. The summed E-state index contributed by atoms with van der Waals surface area (Å²) in [6, 6.07) is 0. The predicted octanol–water partition coefficient (Wildman–Crippen LogP) is 0.441. The van der Waals surface area contributed by atoms with Gasteiger partial charge < -0.3 is 19.9 Å². The van der Waals surface area contributed by atoms with Crippen LogP contribution in [0.5, 0.6) is 0 Å². The summed E-state index contributed by atoms with van der Waals surface area (Å²) >= 11 is 0. The molecule has 0 amide bonds. The van der Waals surface area contributed by atoms with Gasteiger partial charge in [-0.25, -0.2) is 14.8 Å². The maximum Gasteiger partial charge on any atom is 0.343 e. The third-order valence-electron chi connectivity index (χ3n) is 2.27. The van der Waals surface area contributed by atoms with E-state index in [9.17, 15) is 4.79 Å². The Bertz CT molecular complexity index is 412. The second-order valence-corrected chi connectivity index (χ2v) is 3.66. The summed E-state index contributed by atoms with van der Waals surface area (Å²) in [6.07, 6.45) is 1.90. The first-order valence-electron chi connectivity index (χ1n) is 6.04. The smallest absolute Gasteiger partial charge is 0.343 e. The van der Waals surface area contributed by atoms with Crippen LogP contribution in [0.3, 0.4) is 0 Å². The predicted molar refractivity (Wildman–Crippen MR) is 68.8 cm³/mol. The summed E-state index contributed by atoms with van der Waals surface area (Å²) in [5.74, 6) is 0.145. The number of carbonyl (C=O) groups excluding carboxylic acids is 1. The van der Waals surface area contributed by atoms with Crippen molar-refractivity contribution in [3.05, 3.63) is 17.6 Å².